The molecular weight excluding hydrogens is 192 g/mol. The quantitative estimate of drug-likeness (QED) is 0.594. The number of hydrogen-bond donors (Lipinski definition) is 2. The molecule has 4 nitrogen and oxygen atoms in total. The topological polar surface area (TPSA) is 86.2 Å². The third kappa shape index (κ3) is 6.94. The van der Waals surface area contributed by atoms with E-state index in [-0.39, 0.29) is 17.7 Å². The molecule has 0 saturated carbocycles. The predicted molar refractivity (Wildman–Crippen MR) is 59.8 cm³/mol. The van der Waals surface area contributed by atoms with Crippen LogP contribution >= 0.6 is 0 Å². The minimum Gasteiger partial charge on any atom is -0.370 e. The van der Waals surface area contributed by atoms with Crippen molar-refractivity contribution in [3.8, 4) is 0 Å². The third-order valence-electron chi connectivity index (χ3n) is 2.61. The highest BCUT2D eigenvalue weighted by Crippen LogP contribution is 2.18. The molecule has 4 heteroatoms. The van der Waals surface area contributed by atoms with Crippen LogP contribution in [0.5, 0.6) is 0 Å². The number of unbranched alkanes of at least 4 members (excludes halogenated alkanes) is 2. The standard InChI is InChI=1S/C11H22N2O2/c1-8(2)9(11(13)15)6-4-3-5-7-10(12)14/h8-9H,3-7H2,1-2H3,(H2,12,14)(H2,13,15). The zero-order chi connectivity index (χ0) is 11.8. The predicted octanol–water partition coefficient (Wildman–Crippen LogP) is 1.18. The van der Waals surface area contributed by atoms with Gasteiger partial charge in [0.25, 0.3) is 0 Å². The zero-order valence-electron chi connectivity index (χ0n) is 9.66. The fourth-order valence-electron chi connectivity index (χ4n) is 1.64. The molecule has 1 atom stereocenters. The highest BCUT2D eigenvalue weighted by Gasteiger charge is 2.18. The summed E-state index contributed by atoms with van der Waals surface area (Å²) in [5.41, 5.74) is 10.3. The number of rotatable bonds is 8. The molecule has 0 aliphatic rings. The lowest BCUT2D eigenvalue weighted by Gasteiger charge is -2.16. The Morgan fingerprint density at radius 3 is 2.07 bits per heavy atom. The second-order valence-corrected chi connectivity index (χ2v) is 4.32. The van der Waals surface area contributed by atoms with Crippen LogP contribution in [-0.2, 0) is 9.59 Å². The van der Waals surface area contributed by atoms with Crippen LogP contribution in [0.3, 0.4) is 0 Å². The van der Waals surface area contributed by atoms with Crippen molar-refractivity contribution in [2.24, 2.45) is 23.3 Å². The molecule has 4 N–H and O–H groups in total. The van der Waals surface area contributed by atoms with Gasteiger partial charge in [0.2, 0.25) is 11.8 Å². The van der Waals surface area contributed by atoms with Crippen molar-refractivity contribution in [3.05, 3.63) is 0 Å². The number of hydrogen-bond acceptors (Lipinski definition) is 2. The Hall–Kier alpha value is -1.06. The molecule has 2 amide bonds. The first-order chi connectivity index (χ1) is 6.95. The molecule has 0 heterocycles. The normalized spacial score (nSPS) is 12.7. The van der Waals surface area contributed by atoms with Gasteiger partial charge in [0.15, 0.2) is 0 Å². The lowest BCUT2D eigenvalue weighted by molar-refractivity contribution is -0.123. The maximum atomic E-state index is 11.1. The molecule has 88 valence electrons. The Morgan fingerprint density at radius 2 is 1.67 bits per heavy atom. The summed E-state index contributed by atoms with van der Waals surface area (Å²) >= 11 is 0. The summed E-state index contributed by atoms with van der Waals surface area (Å²) in [7, 11) is 0. The molecule has 15 heavy (non-hydrogen) atoms. The Labute approximate surface area is 91.4 Å². The third-order valence-corrected chi connectivity index (χ3v) is 2.61. The van der Waals surface area contributed by atoms with Crippen LogP contribution in [0.15, 0.2) is 0 Å². The van der Waals surface area contributed by atoms with Crippen LogP contribution in [0, 0.1) is 11.8 Å². The van der Waals surface area contributed by atoms with E-state index in [1.165, 1.54) is 0 Å². The van der Waals surface area contributed by atoms with Gasteiger partial charge in [0.05, 0.1) is 0 Å². The Bertz CT molecular complexity index is 215. The van der Waals surface area contributed by atoms with Gasteiger partial charge in [-0.1, -0.05) is 26.7 Å². The second kappa shape index (κ2) is 7.26. The minimum atomic E-state index is -0.259. The maximum absolute atomic E-state index is 11.1. The van der Waals surface area contributed by atoms with E-state index >= 15 is 0 Å². The van der Waals surface area contributed by atoms with Crippen LogP contribution in [0.1, 0.15) is 46.0 Å². The van der Waals surface area contributed by atoms with Crippen LogP contribution in [-0.4, -0.2) is 11.8 Å². The van der Waals surface area contributed by atoms with E-state index in [0.717, 1.165) is 25.7 Å². The van der Waals surface area contributed by atoms with Gasteiger partial charge in [-0.2, -0.15) is 0 Å². The van der Waals surface area contributed by atoms with E-state index < -0.39 is 0 Å². The average Bonchev–Trinajstić information content (AvgIpc) is 2.08. The molecule has 0 aliphatic carbocycles. The van der Waals surface area contributed by atoms with E-state index in [0.29, 0.717) is 12.3 Å². The Balaban J connectivity index is 3.63. The fourth-order valence-corrected chi connectivity index (χ4v) is 1.64. The lowest BCUT2D eigenvalue weighted by atomic mass is 9.89. The summed E-state index contributed by atoms with van der Waals surface area (Å²) in [6.45, 7) is 4.00. The van der Waals surface area contributed by atoms with E-state index in [9.17, 15) is 9.59 Å². The second-order valence-electron chi connectivity index (χ2n) is 4.32. The SMILES string of the molecule is CC(C)C(CCCCCC(N)=O)C(N)=O. The van der Waals surface area contributed by atoms with Gasteiger partial charge in [0.1, 0.15) is 0 Å². The monoisotopic (exact) mass is 214 g/mol. The Kier molecular flexibility index (Phi) is 6.75. The van der Waals surface area contributed by atoms with Gasteiger partial charge in [-0.05, 0) is 18.8 Å². The molecule has 0 bridgehead atoms. The van der Waals surface area contributed by atoms with Crippen molar-refractivity contribution in [3.63, 3.8) is 0 Å². The van der Waals surface area contributed by atoms with Gasteiger partial charge in [-0.15, -0.1) is 0 Å². The smallest absolute Gasteiger partial charge is 0.220 e. The molecule has 0 aliphatic heterocycles. The van der Waals surface area contributed by atoms with Gasteiger partial charge >= 0.3 is 0 Å². The highest BCUT2D eigenvalue weighted by molar-refractivity contribution is 5.76. The molecule has 0 rings (SSSR count). The summed E-state index contributed by atoms with van der Waals surface area (Å²) in [6, 6.07) is 0. The minimum absolute atomic E-state index is 0.0430. The van der Waals surface area contributed by atoms with Gasteiger partial charge in [0, 0.05) is 12.3 Å². The number of carbonyl (C=O) groups is 2. The maximum Gasteiger partial charge on any atom is 0.220 e. The first-order valence-electron chi connectivity index (χ1n) is 5.52. The van der Waals surface area contributed by atoms with E-state index in [2.05, 4.69) is 0 Å². The first-order valence-corrected chi connectivity index (χ1v) is 5.52. The van der Waals surface area contributed by atoms with E-state index in [1.807, 2.05) is 13.8 Å². The van der Waals surface area contributed by atoms with Crippen LogP contribution < -0.4 is 11.5 Å². The van der Waals surface area contributed by atoms with Crippen molar-refractivity contribution < 1.29 is 9.59 Å². The molecule has 0 saturated heterocycles. The fraction of sp³-hybridized carbons (Fsp3) is 0.818. The summed E-state index contributed by atoms with van der Waals surface area (Å²) in [5, 5.41) is 0. The van der Waals surface area contributed by atoms with Crippen LogP contribution in [0.2, 0.25) is 0 Å². The Morgan fingerprint density at radius 1 is 1.07 bits per heavy atom. The number of primary amides is 2. The van der Waals surface area contributed by atoms with E-state index in [1.54, 1.807) is 0 Å². The average molecular weight is 214 g/mol. The summed E-state index contributed by atoms with van der Waals surface area (Å²) < 4.78 is 0. The molecule has 0 aromatic heterocycles. The summed E-state index contributed by atoms with van der Waals surface area (Å²) in [4.78, 5) is 21.5. The van der Waals surface area contributed by atoms with Crippen LogP contribution in [0.4, 0.5) is 0 Å². The molecule has 0 aromatic rings. The molecule has 0 radical (unpaired) electrons. The van der Waals surface area contributed by atoms with Gasteiger partial charge < -0.3 is 11.5 Å². The molecule has 0 aromatic carbocycles. The van der Waals surface area contributed by atoms with Crippen molar-refractivity contribution in [1.82, 2.24) is 0 Å². The number of nitrogens with two attached hydrogens (primary N) is 2. The number of amides is 2. The van der Waals surface area contributed by atoms with Crippen molar-refractivity contribution >= 4 is 11.8 Å². The van der Waals surface area contributed by atoms with Crippen molar-refractivity contribution in [1.29, 1.82) is 0 Å². The van der Waals surface area contributed by atoms with Gasteiger partial charge in [-0.3, -0.25) is 9.59 Å². The van der Waals surface area contributed by atoms with Crippen LogP contribution in [0.25, 0.3) is 0 Å². The molecule has 0 fully saturated rings. The van der Waals surface area contributed by atoms with Crippen molar-refractivity contribution in [2.75, 3.05) is 0 Å². The number of carbonyl (C=O) groups excluding carboxylic acids is 2. The summed E-state index contributed by atoms with van der Waals surface area (Å²) in [5.74, 6) is -0.234. The van der Waals surface area contributed by atoms with Crippen molar-refractivity contribution in [2.45, 2.75) is 46.0 Å². The summed E-state index contributed by atoms with van der Waals surface area (Å²) in [6.07, 6.45) is 3.91. The molecule has 0 spiro atoms. The lowest BCUT2D eigenvalue weighted by Crippen LogP contribution is -2.27. The molecular formula is C11H22N2O2. The highest BCUT2D eigenvalue weighted by atomic mass is 16.1. The van der Waals surface area contributed by atoms with Gasteiger partial charge in [-0.25, -0.2) is 0 Å². The first kappa shape index (κ1) is 13.9. The largest absolute Gasteiger partial charge is 0.370 e. The zero-order valence-corrected chi connectivity index (χ0v) is 9.66. The van der Waals surface area contributed by atoms with E-state index in [4.69, 9.17) is 11.5 Å². The molecule has 1 unspecified atom stereocenters.